The molecule has 0 saturated heterocycles. The van der Waals surface area contributed by atoms with E-state index in [1.54, 1.807) is 6.20 Å². The Bertz CT molecular complexity index is 305. The van der Waals surface area contributed by atoms with Gasteiger partial charge in [0.2, 0.25) is 0 Å². The minimum absolute atomic E-state index is 0.844. The smallest absolute Gasteiger partial charge is 0.0692 e. The maximum atomic E-state index is 3.93. The summed E-state index contributed by atoms with van der Waals surface area (Å²) in [5.74, 6) is 0.844. The van der Waals surface area contributed by atoms with Crippen molar-refractivity contribution < 1.29 is 0 Å². The average Bonchev–Trinajstić information content (AvgIpc) is 2.83. The summed E-state index contributed by atoms with van der Waals surface area (Å²) in [7, 11) is 0. The lowest BCUT2D eigenvalue weighted by atomic mass is 9.94. The molecule has 2 rings (SSSR count). The summed E-state index contributed by atoms with van der Waals surface area (Å²) in [5, 5.41) is 11.2. The monoisotopic (exact) mass is 220 g/mol. The molecule has 1 aromatic rings. The van der Waals surface area contributed by atoms with Crippen LogP contribution in [0.5, 0.6) is 0 Å². The fourth-order valence-corrected chi connectivity index (χ4v) is 2.07. The van der Waals surface area contributed by atoms with Gasteiger partial charge in [-0.05, 0) is 44.7 Å². The number of nitrogens with zero attached hydrogens (tertiary/aromatic N) is 3. The summed E-state index contributed by atoms with van der Waals surface area (Å²) in [6.45, 7) is 3.18. The number of allylic oxidation sites excluding steroid dienone is 2. The molecule has 4 heteroatoms. The average molecular weight is 220 g/mol. The molecule has 1 N–H and O–H groups in total. The highest BCUT2D eigenvalue weighted by molar-refractivity contribution is 4.90. The summed E-state index contributed by atoms with van der Waals surface area (Å²) >= 11 is 0. The van der Waals surface area contributed by atoms with Crippen molar-refractivity contribution in [3.8, 4) is 0 Å². The zero-order valence-electron chi connectivity index (χ0n) is 9.68. The molecule has 0 aromatic carbocycles. The van der Waals surface area contributed by atoms with Gasteiger partial charge in [-0.25, -0.2) is 0 Å². The topological polar surface area (TPSA) is 42.7 Å². The Morgan fingerprint density at radius 3 is 3.12 bits per heavy atom. The second-order valence-corrected chi connectivity index (χ2v) is 4.37. The molecule has 1 aliphatic rings. The quantitative estimate of drug-likeness (QED) is 0.585. The minimum atomic E-state index is 0.844. The molecule has 0 aliphatic heterocycles. The molecule has 0 bridgehead atoms. The maximum absolute atomic E-state index is 3.93. The van der Waals surface area contributed by atoms with Gasteiger partial charge in [0.15, 0.2) is 0 Å². The molecule has 0 radical (unpaired) electrons. The van der Waals surface area contributed by atoms with E-state index in [2.05, 4.69) is 27.8 Å². The fraction of sp³-hybridized carbons (Fsp3) is 0.667. The molecular weight excluding hydrogens is 200 g/mol. The van der Waals surface area contributed by atoms with Crippen molar-refractivity contribution in [1.29, 1.82) is 0 Å². The largest absolute Gasteiger partial charge is 0.316 e. The second kappa shape index (κ2) is 6.43. The van der Waals surface area contributed by atoms with Gasteiger partial charge >= 0.3 is 0 Å². The minimum Gasteiger partial charge on any atom is -0.316 e. The Balaban J connectivity index is 1.50. The molecule has 0 spiro atoms. The van der Waals surface area contributed by atoms with Crippen molar-refractivity contribution in [3.05, 3.63) is 24.5 Å². The lowest BCUT2D eigenvalue weighted by molar-refractivity contribution is 0.430. The molecule has 88 valence electrons. The van der Waals surface area contributed by atoms with Crippen LogP contribution in [0.25, 0.3) is 0 Å². The molecule has 0 amide bonds. The van der Waals surface area contributed by atoms with E-state index in [1.807, 2.05) is 10.9 Å². The summed E-state index contributed by atoms with van der Waals surface area (Å²) in [4.78, 5) is 0. The van der Waals surface area contributed by atoms with Crippen LogP contribution >= 0.6 is 0 Å². The molecule has 1 atom stereocenters. The normalized spacial score (nSPS) is 20.1. The SMILES string of the molecule is C1=CCC(CNCCCn2ccnn2)CC1. The molecule has 1 heterocycles. The Labute approximate surface area is 96.7 Å². The van der Waals surface area contributed by atoms with E-state index in [9.17, 15) is 0 Å². The van der Waals surface area contributed by atoms with Crippen LogP contribution < -0.4 is 5.32 Å². The van der Waals surface area contributed by atoms with Gasteiger partial charge in [0.05, 0.1) is 6.20 Å². The fourth-order valence-electron chi connectivity index (χ4n) is 2.07. The highest BCUT2D eigenvalue weighted by Gasteiger charge is 2.08. The third-order valence-corrected chi connectivity index (χ3v) is 3.02. The summed E-state index contributed by atoms with van der Waals surface area (Å²) in [5.41, 5.74) is 0. The van der Waals surface area contributed by atoms with E-state index in [4.69, 9.17) is 0 Å². The number of aryl methyl sites for hydroxylation is 1. The third-order valence-electron chi connectivity index (χ3n) is 3.02. The number of hydrogen-bond donors (Lipinski definition) is 1. The van der Waals surface area contributed by atoms with E-state index >= 15 is 0 Å². The Morgan fingerprint density at radius 1 is 1.38 bits per heavy atom. The van der Waals surface area contributed by atoms with Gasteiger partial charge in [0, 0.05) is 12.7 Å². The van der Waals surface area contributed by atoms with Crippen LogP contribution in [-0.2, 0) is 6.54 Å². The van der Waals surface area contributed by atoms with Crippen LogP contribution in [0, 0.1) is 5.92 Å². The summed E-state index contributed by atoms with van der Waals surface area (Å²) < 4.78 is 1.88. The van der Waals surface area contributed by atoms with Crippen molar-refractivity contribution in [3.63, 3.8) is 0 Å². The zero-order chi connectivity index (χ0) is 11.1. The van der Waals surface area contributed by atoms with E-state index in [0.29, 0.717) is 0 Å². The van der Waals surface area contributed by atoms with Gasteiger partial charge in [0.25, 0.3) is 0 Å². The molecule has 1 aromatic heterocycles. The molecule has 4 nitrogen and oxygen atoms in total. The third kappa shape index (κ3) is 3.77. The molecular formula is C12H20N4. The van der Waals surface area contributed by atoms with Gasteiger partial charge in [-0.15, -0.1) is 5.10 Å². The molecule has 0 saturated carbocycles. The number of rotatable bonds is 6. The van der Waals surface area contributed by atoms with Crippen LogP contribution in [0.1, 0.15) is 25.7 Å². The van der Waals surface area contributed by atoms with E-state index in [1.165, 1.54) is 19.3 Å². The van der Waals surface area contributed by atoms with Crippen LogP contribution in [0.15, 0.2) is 24.5 Å². The molecule has 0 fully saturated rings. The molecule has 16 heavy (non-hydrogen) atoms. The number of nitrogens with one attached hydrogen (secondary N) is 1. The number of hydrogen-bond acceptors (Lipinski definition) is 3. The maximum Gasteiger partial charge on any atom is 0.0692 e. The first-order valence-electron chi connectivity index (χ1n) is 6.15. The first kappa shape index (κ1) is 11.3. The van der Waals surface area contributed by atoms with E-state index < -0.39 is 0 Å². The zero-order valence-corrected chi connectivity index (χ0v) is 9.68. The van der Waals surface area contributed by atoms with Gasteiger partial charge < -0.3 is 5.32 Å². The first-order chi connectivity index (χ1) is 7.95. The van der Waals surface area contributed by atoms with Crippen molar-refractivity contribution in [2.24, 2.45) is 5.92 Å². The van der Waals surface area contributed by atoms with Crippen molar-refractivity contribution in [1.82, 2.24) is 20.3 Å². The second-order valence-electron chi connectivity index (χ2n) is 4.37. The predicted molar refractivity (Wildman–Crippen MR) is 64.0 cm³/mol. The lowest BCUT2D eigenvalue weighted by Gasteiger charge is -2.18. The van der Waals surface area contributed by atoms with Crippen LogP contribution in [0.4, 0.5) is 0 Å². The van der Waals surface area contributed by atoms with Crippen molar-refractivity contribution >= 4 is 0 Å². The Hall–Kier alpha value is -1.16. The first-order valence-corrected chi connectivity index (χ1v) is 6.15. The van der Waals surface area contributed by atoms with Gasteiger partial charge in [-0.3, -0.25) is 4.68 Å². The van der Waals surface area contributed by atoms with Crippen LogP contribution in [0.2, 0.25) is 0 Å². The standard InChI is InChI=1S/C12H20N4/c1-2-5-12(6-3-1)11-13-7-4-9-16-10-8-14-15-16/h1-2,8,10,12-13H,3-7,9,11H2. The van der Waals surface area contributed by atoms with Crippen molar-refractivity contribution in [2.75, 3.05) is 13.1 Å². The lowest BCUT2D eigenvalue weighted by Crippen LogP contribution is -2.25. The number of aromatic nitrogens is 3. The summed E-state index contributed by atoms with van der Waals surface area (Å²) in [6, 6.07) is 0. The van der Waals surface area contributed by atoms with Crippen LogP contribution in [-0.4, -0.2) is 28.1 Å². The Morgan fingerprint density at radius 2 is 2.38 bits per heavy atom. The predicted octanol–water partition coefficient (Wildman–Crippen LogP) is 1.61. The highest BCUT2D eigenvalue weighted by Crippen LogP contribution is 2.16. The van der Waals surface area contributed by atoms with Crippen LogP contribution in [0.3, 0.4) is 0 Å². The molecule has 1 aliphatic carbocycles. The molecule has 1 unspecified atom stereocenters. The summed E-state index contributed by atoms with van der Waals surface area (Å²) in [6.07, 6.45) is 13.2. The van der Waals surface area contributed by atoms with E-state index in [0.717, 1.165) is 32.0 Å². The van der Waals surface area contributed by atoms with Gasteiger partial charge in [-0.1, -0.05) is 17.4 Å². The van der Waals surface area contributed by atoms with Gasteiger partial charge in [-0.2, -0.15) is 0 Å². The highest BCUT2D eigenvalue weighted by atomic mass is 15.4. The Kier molecular flexibility index (Phi) is 4.55. The van der Waals surface area contributed by atoms with E-state index in [-0.39, 0.29) is 0 Å². The van der Waals surface area contributed by atoms with Gasteiger partial charge in [0.1, 0.15) is 0 Å². The van der Waals surface area contributed by atoms with Crippen molar-refractivity contribution in [2.45, 2.75) is 32.2 Å².